The monoisotopic (exact) mass is 361 g/mol. The fourth-order valence-corrected chi connectivity index (χ4v) is 2.69. The third-order valence-electron chi connectivity index (χ3n) is 3.97. The summed E-state index contributed by atoms with van der Waals surface area (Å²) in [6.45, 7) is 0. The van der Waals surface area contributed by atoms with E-state index in [0.29, 0.717) is 39.5 Å². The molecular formula is C19H15N5O3. The van der Waals surface area contributed by atoms with Crippen molar-refractivity contribution in [3.8, 4) is 23.0 Å². The number of nitrogens with one attached hydrogen (secondary N) is 2. The topological polar surface area (TPSA) is 113 Å². The Bertz CT molecular complexity index is 1170. The zero-order chi connectivity index (χ0) is 18.8. The van der Waals surface area contributed by atoms with Gasteiger partial charge in [0.15, 0.2) is 0 Å². The maximum Gasteiger partial charge on any atom is 0.259 e. The summed E-state index contributed by atoms with van der Waals surface area (Å²) < 4.78 is 5.12. The summed E-state index contributed by atoms with van der Waals surface area (Å²) in [5, 5.41) is 13.7. The number of nitrogens with zero attached hydrogens (tertiary/aromatic N) is 3. The molecule has 4 rings (SSSR count). The first-order valence-corrected chi connectivity index (χ1v) is 8.09. The second kappa shape index (κ2) is 6.75. The van der Waals surface area contributed by atoms with Crippen LogP contribution in [0.15, 0.2) is 59.8 Å². The molecule has 0 saturated carbocycles. The molecule has 0 aliphatic carbocycles. The molecule has 3 heterocycles. The number of methoxy groups -OCH3 is 1. The lowest BCUT2D eigenvalue weighted by molar-refractivity contribution is 0.396. The molecule has 0 saturated heterocycles. The number of anilines is 2. The number of fused-ring (bicyclic) bond motifs is 1. The van der Waals surface area contributed by atoms with Gasteiger partial charge in [-0.15, -0.1) is 0 Å². The lowest BCUT2D eigenvalue weighted by Crippen LogP contribution is -2.09. The number of benzene rings is 1. The fourth-order valence-electron chi connectivity index (χ4n) is 2.69. The van der Waals surface area contributed by atoms with Crippen molar-refractivity contribution in [1.29, 1.82) is 0 Å². The molecule has 0 aliphatic heterocycles. The number of hydrogen-bond acceptors (Lipinski definition) is 7. The van der Waals surface area contributed by atoms with E-state index in [1.165, 1.54) is 13.3 Å². The molecule has 3 aromatic heterocycles. The van der Waals surface area contributed by atoms with Crippen LogP contribution in [0.3, 0.4) is 0 Å². The highest BCUT2D eigenvalue weighted by Gasteiger charge is 2.13. The molecule has 3 N–H and O–H groups in total. The van der Waals surface area contributed by atoms with Gasteiger partial charge in [-0.2, -0.15) is 0 Å². The van der Waals surface area contributed by atoms with Crippen LogP contribution < -0.4 is 15.6 Å². The lowest BCUT2D eigenvalue weighted by atomic mass is 10.1. The highest BCUT2D eigenvalue weighted by Crippen LogP contribution is 2.27. The standard InChI is InChI=1S/C19H15N5O3/c1-27-16-10-20-9-15(23-16)14-8-11-6-7-21-19(26)17(11)18(24-14)22-12-2-4-13(25)5-3-12/h2-10,25H,1H3,(H,21,26)(H,22,24). The number of pyridine rings is 2. The van der Waals surface area contributed by atoms with Crippen molar-refractivity contribution >= 4 is 22.3 Å². The van der Waals surface area contributed by atoms with Crippen molar-refractivity contribution in [3.05, 3.63) is 65.3 Å². The largest absolute Gasteiger partial charge is 0.508 e. The van der Waals surface area contributed by atoms with Crippen LogP contribution in [0.4, 0.5) is 11.5 Å². The summed E-state index contributed by atoms with van der Waals surface area (Å²) in [5.74, 6) is 0.893. The Balaban J connectivity index is 1.89. The highest BCUT2D eigenvalue weighted by molar-refractivity contribution is 5.94. The zero-order valence-corrected chi connectivity index (χ0v) is 14.3. The molecule has 8 heteroatoms. The average molecular weight is 361 g/mol. The minimum Gasteiger partial charge on any atom is -0.508 e. The van der Waals surface area contributed by atoms with Gasteiger partial charge in [-0.05, 0) is 41.8 Å². The smallest absolute Gasteiger partial charge is 0.259 e. The summed E-state index contributed by atoms with van der Waals surface area (Å²) in [6, 6.07) is 10.0. The number of aromatic amines is 1. The van der Waals surface area contributed by atoms with Crippen molar-refractivity contribution in [2.45, 2.75) is 0 Å². The molecule has 0 unspecified atom stereocenters. The number of phenolic OH excluding ortho intramolecular Hbond substituents is 1. The van der Waals surface area contributed by atoms with Gasteiger partial charge in [0.05, 0.1) is 30.6 Å². The number of hydrogen-bond donors (Lipinski definition) is 3. The van der Waals surface area contributed by atoms with E-state index >= 15 is 0 Å². The predicted molar refractivity (Wildman–Crippen MR) is 101 cm³/mol. The van der Waals surface area contributed by atoms with Gasteiger partial charge in [0.2, 0.25) is 5.88 Å². The Labute approximate surface area is 153 Å². The van der Waals surface area contributed by atoms with E-state index in [-0.39, 0.29) is 11.3 Å². The van der Waals surface area contributed by atoms with E-state index in [9.17, 15) is 9.90 Å². The first kappa shape index (κ1) is 16.5. The zero-order valence-electron chi connectivity index (χ0n) is 14.3. The first-order chi connectivity index (χ1) is 13.1. The van der Waals surface area contributed by atoms with Gasteiger partial charge in [-0.25, -0.2) is 9.97 Å². The van der Waals surface area contributed by atoms with Crippen molar-refractivity contribution in [2.24, 2.45) is 0 Å². The van der Waals surface area contributed by atoms with Gasteiger partial charge in [-0.3, -0.25) is 9.78 Å². The number of aromatic nitrogens is 4. The average Bonchev–Trinajstić information content (AvgIpc) is 2.69. The van der Waals surface area contributed by atoms with E-state index in [1.54, 1.807) is 48.8 Å². The van der Waals surface area contributed by atoms with Crippen molar-refractivity contribution in [2.75, 3.05) is 12.4 Å². The normalized spacial score (nSPS) is 10.7. The molecule has 0 fully saturated rings. The van der Waals surface area contributed by atoms with E-state index in [1.807, 2.05) is 0 Å². The number of phenols is 1. The number of H-pyrrole nitrogens is 1. The van der Waals surface area contributed by atoms with Crippen LogP contribution in [0.1, 0.15) is 0 Å². The first-order valence-electron chi connectivity index (χ1n) is 8.09. The Hall–Kier alpha value is -3.94. The molecule has 8 nitrogen and oxygen atoms in total. The van der Waals surface area contributed by atoms with Gasteiger partial charge < -0.3 is 20.1 Å². The fraction of sp³-hybridized carbons (Fsp3) is 0.0526. The van der Waals surface area contributed by atoms with Crippen LogP contribution >= 0.6 is 0 Å². The maximum atomic E-state index is 12.4. The van der Waals surface area contributed by atoms with E-state index in [2.05, 4.69) is 25.3 Å². The van der Waals surface area contributed by atoms with Crippen LogP contribution in [-0.2, 0) is 0 Å². The molecule has 0 spiro atoms. The van der Waals surface area contributed by atoms with E-state index in [4.69, 9.17) is 4.74 Å². The van der Waals surface area contributed by atoms with E-state index < -0.39 is 0 Å². The molecule has 0 radical (unpaired) electrons. The minimum absolute atomic E-state index is 0.150. The minimum atomic E-state index is -0.260. The SMILES string of the molecule is COc1cncc(-c2cc3cc[nH]c(=O)c3c(Nc3ccc(O)cc3)n2)n1. The Morgan fingerprint density at radius 2 is 1.89 bits per heavy atom. The van der Waals surface area contributed by atoms with Gasteiger partial charge in [0, 0.05) is 11.9 Å². The molecule has 0 atom stereocenters. The molecule has 0 bridgehead atoms. The van der Waals surface area contributed by atoms with Crippen LogP contribution in [0.5, 0.6) is 11.6 Å². The third-order valence-corrected chi connectivity index (χ3v) is 3.97. The number of ether oxygens (including phenoxy) is 1. The molecule has 0 amide bonds. The summed E-state index contributed by atoms with van der Waals surface area (Å²) in [7, 11) is 1.51. The van der Waals surface area contributed by atoms with Gasteiger partial charge >= 0.3 is 0 Å². The molecule has 27 heavy (non-hydrogen) atoms. The molecule has 0 aliphatic rings. The number of aromatic hydroxyl groups is 1. The lowest BCUT2D eigenvalue weighted by Gasteiger charge is -2.11. The van der Waals surface area contributed by atoms with Crippen LogP contribution in [0.2, 0.25) is 0 Å². The molecular weight excluding hydrogens is 346 g/mol. The summed E-state index contributed by atoms with van der Waals surface area (Å²) in [6.07, 6.45) is 4.66. The molecule has 134 valence electrons. The van der Waals surface area contributed by atoms with Crippen molar-refractivity contribution < 1.29 is 9.84 Å². The van der Waals surface area contributed by atoms with Gasteiger partial charge in [0.1, 0.15) is 17.3 Å². The van der Waals surface area contributed by atoms with E-state index in [0.717, 1.165) is 0 Å². The van der Waals surface area contributed by atoms with Gasteiger partial charge in [-0.1, -0.05) is 0 Å². The Morgan fingerprint density at radius 3 is 2.67 bits per heavy atom. The Kier molecular flexibility index (Phi) is 4.13. The van der Waals surface area contributed by atoms with Crippen molar-refractivity contribution in [3.63, 3.8) is 0 Å². The molecule has 4 aromatic rings. The Morgan fingerprint density at radius 1 is 1.07 bits per heavy atom. The highest BCUT2D eigenvalue weighted by atomic mass is 16.5. The van der Waals surface area contributed by atoms with Crippen LogP contribution in [-0.4, -0.2) is 32.2 Å². The van der Waals surface area contributed by atoms with Crippen LogP contribution in [0.25, 0.3) is 22.2 Å². The summed E-state index contributed by atoms with van der Waals surface area (Å²) in [5.41, 5.74) is 1.48. The second-order valence-corrected chi connectivity index (χ2v) is 5.75. The maximum absolute atomic E-state index is 12.4. The van der Waals surface area contributed by atoms with Crippen LogP contribution in [0, 0.1) is 0 Å². The summed E-state index contributed by atoms with van der Waals surface area (Å²) in [4.78, 5) is 28.1. The third kappa shape index (κ3) is 3.28. The number of rotatable bonds is 4. The quantitative estimate of drug-likeness (QED) is 0.479. The predicted octanol–water partition coefficient (Wildman–Crippen LogP) is 2.84. The summed E-state index contributed by atoms with van der Waals surface area (Å²) >= 11 is 0. The molecule has 1 aromatic carbocycles. The van der Waals surface area contributed by atoms with Crippen molar-refractivity contribution in [1.82, 2.24) is 19.9 Å². The van der Waals surface area contributed by atoms with Gasteiger partial charge in [0.25, 0.3) is 5.56 Å². The second-order valence-electron chi connectivity index (χ2n) is 5.75.